The molecule has 0 aliphatic rings. The molecule has 0 radical (unpaired) electrons. The van der Waals surface area contributed by atoms with E-state index in [4.69, 9.17) is 4.43 Å². The van der Waals surface area contributed by atoms with Gasteiger partial charge in [-0.1, -0.05) is 96.8 Å². The van der Waals surface area contributed by atoms with Crippen molar-refractivity contribution in [3.63, 3.8) is 0 Å². The number of rotatable bonds is 11. The first-order valence-corrected chi connectivity index (χ1v) is 17.3. The predicted molar refractivity (Wildman–Crippen MR) is 139 cm³/mol. The minimum Gasteiger partial charge on any atom is -0.417 e. The van der Waals surface area contributed by atoms with Crippen LogP contribution in [-0.4, -0.2) is 28.1 Å². The molecule has 0 unspecified atom stereocenters. The van der Waals surface area contributed by atoms with Crippen molar-refractivity contribution in [2.24, 2.45) is 0 Å². The SMILES string of the molecule is CC(C)[Si](CCCCCO[Si](C)(C)C(C)(C)C)(c1ccccc1C(C)(C)O)C(C)C. The van der Waals surface area contributed by atoms with E-state index in [-0.39, 0.29) is 5.04 Å². The smallest absolute Gasteiger partial charge is 0.191 e. The summed E-state index contributed by atoms with van der Waals surface area (Å²) in [4.78, 5) is 0. The first-order chi connectivity index (χ1) is 13.6. The highest BCUT2D eigenvalue weighted by Gasteiger charge is 2.43. The Morgan fingerprint density at radius 1 is 0.867 bits per heavy atom. The highest BCUT2D eigenvalue weighted by molar-refractivity contribution is 6.94. The third kappa shape index (κ3) is 6.54. The number of aliphatic hydroxyl groups is 1. The summed E-state index contributed by atoms with van der Waals surface area (Å²) < 4.78 is 6.39. The van der Waals surface area contributed by atoms with E-state index < -0.39 is 22.0 Å². The fraction of sp³-hybridized carbons (Fsp3) is 0.769. The first kappa shape index (κ1) is 27.6. The lowest BCUT2D eigenvalue weighted by Crippen LogP contribution is -2.55. The van der Waals surface area contributed by atoms with Crippen LogP contribution in [0.5, 0.6) is 0 Å². The molecule has 0 aliphatic heterocycles. The Bertz CT molecular complexity index is 644. The molecule has 1 aromatic rings. The van der Waals surface area contributed by atoms with Crippen molar-refractivity contribution in [3.05, 3.63) is 29.8 Å². The minimum atomic E-state index is -1.80. The predicted octanol–water partition coefficient (Wildman–Crippen LogP) is 7.58. The van der Waals surface area contributed by atoms with Gasteiger partial charge < -0.3 is 9.53 Å². The van der Waals surface area contributed by atoms with E-state index >= 15 is 0 Å². The van der Waals surface area contributed by atoms with Crippen LogP contribution in [0.2, 0.25) is 35.3 Å². The molecule has 1 rings (SSSR count). The molecule has 30 heavy (non-hydrogen) atoms. The maximum atomic E-state index is 10.9. The van der Waals surface area contributed by atoms with Gasteiger partial charge in [-0.2, -0.15) is 0 Å². The van der Waals surface area contributed by atoms with Gasteiger partial charge in [0.2, 0.25) is 0 Å². The molecule has 1 aromatic carbocycles. The van der Waals surface area contributed by atoms with Crippen LogP contribution in [0.15, 0.2) is 24.3 Å². The molecule has 174 valence electrons. The average molecular weight is 451 g/mol. The highest BCUT2D eigenvalue weighted by Crippen LogP contribution is 2.40. The molecule has 2 nitrogen and oxygen atoms in total. The van der Waals surface area contributed by atoms with Gasteiger partial charge in [0, 0.05) is 6.61 Å². The molecule has 0 saturated heterocycles. The topological polar surface area (TPSA) is 29.5 Å². The summed E-state index contributed by atoms with van der Waals surface area (Å²) in [7, 11) is -3.44. The number of unbranched alkanes of at least 4 members (excludes halogenated alkanes) is 2. The van der Waals surface area contributed by atoms with Crippen LogP contribution < -0.4 is 5.19 Å². The summed E-state index contributed by atoms with van der Waals surface area (Å²) in [6.45, 7) is 26.0. The van der Waals surface area contributed by atoms with Crippen LogP contribution >= 0.6 is 0 Å². The zero-order chi connectivity index (χ0) is 23.4. The van der Waals surface area contributed by atoms with Crippen LogP contribution in [0.1, 0.15) is 87.1 Å². The van der Waals surface area contributed by atoms with Gasteiger partial charge in [0.15, 0.2) is 8.32 Å². The van der Waals surface area contributed by atoms with Gasteiger partial charge >= 0.3 is 0 Å². The van der Waals surface area contributed by atoms with Crippen molar-refractivity contribution in [1.82, 2.24) is 0 Å². The van der Waals surface area contributed by atoms with Gasteiger partial charge in [0.1, 0.15) is 0 Å². The van der Waals surface area contributed by atoms with Crippen LogP contribution in [-0.2, 0) is 10.0 Å². The molecule has 0 heterocycles. The fourth-order valence-electron chi connectivity index (χ4n) is 4.66. The van der Waals surface area contributed by atoms with Crippen molar-refractivity contribution in [2.45, 2.75) is 122 Å². The molecule has 0 fully saturated rings. The lowest BCUT2D eigenvalue weighted by molar-refractivity contribution is 0.0796. The van der Waals surface area contributed by atoms with E-state index in [1.807, 2.05) is 13.8 Å². The second-order valence-corrected chi connectivity index (χ2v) is 22.1. The van der Waals surface area contributed by atoms with Gasteiger partial charge in [-0.05, 0) is 55.0 Å². The summed E-state index contributed by atoms with van der Waals surface area (Å²) in [5.41, 5.74) is 1.63. The molecule has 1 N–H and O–H groups in total. The molecule has 0 amide bonds. The van der Waals surface area contributed by atoms with E-state index in [2.05, 4.69) is 85.8 Å². The summed E-state index contributed by atoms with van der Waals surface area (Å²) in [5, 5.41) is 12.6. The Labute approximate surface area is 190 Å². The molecule has 0 atom stereocenters. The molecule has 0 spiro atoms. The van der Waals surface area contributed by atoms with Gasteiger partial charge in [-0.3, -0.25) is 0 Å². The number of hydrogen-bond acceptors (Lipinski definition) is 2. The largest absolute Gasteiger partial charge is 0.417 e. The summed E-state index contributed by atoms with van der Waals surface area (Å²) in [6, 6.07) is 10.0. The van der Waals surface area contributed by atoms with E-state index in [9.17, 15) is 5.11 Å². The van der Waals surface area contributed by atoms with Crippen LogP contribution in [0.3, 0.4) is 0 Å². The standard InChI is InChI=1S/C26H50O2Si2/c1-21(2)30(22(3)4,24-18-14-13-17-23(24)26(8,9)27)20-16-12-15-19-28-29(10,11)25(5,6)7/h13-14,17-18,21-22,27H,12,15-16,19-20H2,1-11H3. The van der Waals surface area contributed by atoms with E-state index in [1.165, 1.54) is 24.1 Å². The van der Waals surface area contributed by atoms with Crippen molar-refractivity contribution < 1.29 is 9.53 Å². The van der Waals surface area contributed by atoms with Crippen LogP contribution in [0.4, 0.5) is 0 Å². The van der Waals surface area contributed by atoms with Crippen molar-refractivity contribution in [1.29, 1.82) is 0 Å². The third-order valence-electron chi connectivity index (χ3n) is 7.65. The van der Waals surface area contributed by atoms with Gasteiger partial charge in [0.25, 0.3) is 0 Å². The number of hydrogen-bond donors (Lipinski definition) is 1. The molecular formula is C26H50O2Si2. The summed E-state index contributed by atoms with van der Waals surface area (Å²) in [6.07, 6.45) is 3.64. The van der Waals surface area contributed by atoms with Crippen LogP contribution in [0.25, 0.3) is 0 Å². The normalized spacial score (nSPS) is 14.1. The van der Waals surface area contributed by atoms with Crippen molar-refractivity contribution in [3.8, 4) is 0 Å². The summed E-state index contributed by atoms with van der Waals surface area (Å²) in [5.74, 6) is 0. The second kappa shape index (κ2) is 10.5. The Balaban J connectivity index is 2.93. The zero-order valence-electron chi connectivity index (χ0n) is 21.9. The Hall–Kier alpha value is -0.426. The third-order valence-corrected chi connectivity index (χ3v) is 18.9. The first-order valence-electron chi connectivity index (χ1n) is 12.0. The van der Waals surface area contributed by atoms with E-state index in [1.54, 1.807) is 0 Å². The highest BCUT2D eigenvalue weighted by atomic mass is 28.4. The maximum absolute atomic E-state index is 10.9. The maximum Gasteiger partial charge on any atom is 0.191 e. The quantitative estimate of drug-likeness (QED) is 0.278. The molecular weight excluding hydrogens is 400 g/mol. The molecule has 0 bridgehead atoms. The van der Waals surface area contributed by atoms with Crippen molar-refractivity contribution in [2.75, 3.05) is 6.61 Å². The van der Waals surface area contributed by atoms with E-state index in [0.717, 1.165) is 18.6 Å². The van der Waals surface area contributed by atoms with Crippen LogP contribution in [0, 0.1) is 0 Å². The van der Waals surface area contributed by atoms with Gasteiger partial charge in [0.05, 0.1) is 13.7 Å². The minimum absolute atomic E-state index is 0.283. The fourth-order valence-corrected chi connectivity index (χ4v) is 11.9. The van der Waals surface area contributed by atoms with Gasteiger partial charge in [-0.15, -0.1) is 0 Å². The Morgan fingerprint density at radius 3 is 1.87 bits per heavy atom. The molecule has 0 aromatic heterocycles. The summed E-state index contributed by atoms with van der Waals surface area (Å²) >= 11 is 0. The molecule has 0 saturated carbocycles. The molecule has 4 heteroatoms. The Kier molecular flexibility index (Phi) is 9.63. The zero-order valence-corrected chi connectivity index (χ0v) is 23.9. The monoisotopic (exact) mass is 450 g/mol. The Morgan fingerprint density at radius 2 is 1.40 bits per heavy atom. The second-order valence-electron chi connectivity index (χ2n) is 11.9. The lowest BCUT2D eigenvalue weighted by Gasteiger charge is -2.43. The van der Waals surface area contributed by atoms with Crippen molar-refractivity contribution >= 4 is 21.6 Å². The molecule has 0 aliphatic carbocycles. The van der Waals surface area contributed by atoms with Gasteiger partial charge in [-0.25, -0.2) is 0 Å². The number of benzene rings is 1. The lowest BCUT2D eigenvalue weighted by atomic mass is 9.98. The van der Waals surface area contributed by atoms with E-state index in [0.29, 0.717) is 11.1 Å². The average Bonchev–Trinajstić information content (AvgIpc) is 2.59.